The minimum atomic E-state index is -0.123. The number of pyridine rings is 1. The van der Waals surface area contributed by atoms with Gasteiger partial charge in [0.1, 0.15) is 5.75 Å². The first-order chi connectivity index (χ1) is 12.1. The van der Waals surface area contributed by atoms with Crippen molar-refractivity contribution in [1.82, 2.24) is 9.88 Å². The third kappa shape index (κ3) is 3.84. The lowest BCUT2D eigenvalue weighted by molar-refractivity contribution is 0.206. The van der Waals surface area contributed by atoms with E-state index in [9.17, 15) is 4.79 Å². The number of nitrogens with one attached hydrogen (secondary N) is 1. The molecule has 1 N–H and O–H groups in total. The van der Waals surface area contributed by atoms with Gasteiger partial charge in [-0.2, -0.15) is 0 Å². The van der Waals surface area contributed by atoms with E-state index < -0.39 is 0 Å². The molecule has 2 heterocycles. The second-order valence-corrected chi connectivity index (χ2v) is 5.95. The van der Waals surface area contributed by atoms with Gasteiger partial charge in [-0.3, -0.25) is 0 Å². The number of ether oxygens (including phenoxy) is 2. The fraction of sp³-hybridized carbons (Fsp3) is 0.368. The van der Waals surface area contributed by atoms with Crippen molar-refractivity contribution in [1.29, 1.82) is 0 Å². The number of hydrogen-bond donors (Lipinski definition) is 1. The summed E-state index contributed by atoms with van der Waals surface area (Å²) in [6, 6.07) is 9.53. The van der Waals surface area contributed by atoms with Gasteiger partial charge in [0.25, 0.3) is 0 Å². The van der Waals surface area contributed by atoms with Gasteiger partial charge in [0.05, 0.1) is 25.1 Å². The average molecular weight is 341 g/mol. The first-order valence-electron chi connectivity index (χ1n) is 8.43. The number of amides is 2. The molecule has 6 nitrogen and oxygen atoms in total. The molecular weight excluding hydrogens is 318 g/mol. The number of nitrogens with zero attached hydrogens (tertiary/aromatic N) is 2. The van der Waals surface area contributed by atoms with Crippen LogP contribution in [0.25, 0.3) is 0 Å². The molecule has 3 rings (SSSR count). The predicted octanol–water partition coefficient (Wildman–Crippen LogP) is 3.39. The summed E-state index contributed by atoms with van der Waals surface area (Å²) in [6.45, 7) is 5.70. The molecule has 6 heteroatoms. The molecule has 2 amide bonds. The van der Waals surface area contributed by atoms with Crippen LogP contribution < -0.4 is 14.8 Å². The van der Waals surface area contributed by atoms with Crippen LogP contribution in [-0.2, 0) is 13.0 Å². The lowest BCUT2D eigenvalue weighted by atomic mass is 10.00. The Bertz CT molecular complexity index is 777. The van der Waals surface area contributed by atoms with Gasteiger partial charge >= 0.3 is 6.03 Å². The van der Waals surface area contributed by atoms with Crippen molar-refractivity contribution >= 4 is 11.7 Å². The summed E-state index contributed by atoms with van der Waals surface area (Å²) in [4.78, 5) is 18.7. The minimum absolute atomic E-state index is 0.123. The molecular formula is C19H23N3O3. The van der Waals surface area contributed by atoms with Crippen LogP contribution in [0.3, 0.4) is 0 Å². The number of carbonyl (C=O) groups excluding carboxylic acids is 1. The van der Waals surface area contributed by atoms with E-state index in [1.807, 2.05) is 36.9 Å². The van der Waals surface area contributed by atoms with Crippen molar-refractivity contribution in [3.63, 3.8) is 0 Å². The standard InChI is InChI=1S/C19H23N3O3/c1-4-25-16-6-5-14-9-10-22(12-15(14)11-16)19(23)21-17-7-8-18(24-3)20-13(17)2/h5-8,11H,4,9-10,12H2,1-3H3,(H,21,23). The zero-order valence-electron chi connectivity index (χ0n) is 14.8. The van der Waals surface area contributed by atoms with E-state index in [4.69, 9.17) is 9.47 Å². The molecule has 2 aromatic rings. The summed E-state index contributed by atoms with van der Waals surface area (Å²) in [5, 5.41) is 2.94. The number of rotatable bonds is 4. The van der Waals surface area contributed by atoms with Crippen molar-refractivity contribution in [3.8, 4) is 11.6 Å². The molecule has 0 bridgehead atoms. The number of benzene rings is 1. The van der Waals surface area contributed by atoms with E-state index in [2.05, 4.69) is 16.4 Å². The number of hydrogen-bond acceptors (Lipinski definition) is 4. The highest BCUT2D eigenvalue weighted by Crippen LogP contribution is 2.25. The summed E-state index contributed by atoms with van der Waals surface area (Å²) in [6.07, 6.45) is 0.842. The summed E-state index contributed by atoms with van der Waals surface area (Å²) < 4.78 is 10.7. The van der Waals surface area contributed by atoms with Gasteiger partial charge in [0.15, 0.2) is 0 Å². The third-order valence-corrected chi connectivity index (χ3v) is 4.30. The van der Waals surface area contributed by atoms with Crippen LogP contribution in [0.5, 0.6) is 11.6 Å². The topological polar surface area (TPSA) is 63.7 Å². The lowest BCUT2D eigenvalue weighted by Gasteiger charge is -2.29. The molecule has 0 saturated carbocycles. The van der Waals surface area contributed by atoms with Gasteiger partial charge in [-0.15, -0.1) is 0 Å². The highest BCUT2D eigenvalue weighted by atomic mass is 16.5. The second-order valence-electron chi connectivity index (χ2n) is 5.95. The van der Waals surface area contributed by atoms with Gasteiger partial charge in [0.2, 0.25) is 5.88 Å². The van der Waals surface area contributed by atoms with E-state index >= 15 is 0 Å². The quantitative estimate of drug-likeness (QED) is 0.926. The van der Waals surface area contributed by atoms with Crippen LogP contribution in [0.1, 0.15) is 23.7 Å². The molecule has 1 aliphatic heterocycles. The molecule has 0 atom stereocenters. The monoisotopic (exact) mass is 341 g/mol. The van der Waals surface area contributed by atoms with E-state index in [1.165, 1.54) is 5.56 Å². The number of aryl methyl sites for hydroxylation is 1. The smallest absolute Gasteiger partial charge is 0.322 e. The van der Waals surface area contributed by atoms with Crippen LogP contribution in [-0.4, -0.2) is 36.2 Å². The van der Waals surface area contributed by atoms with E-state index in [0.29, 0.717) is 31.3 Å². The highest BCUT2D eigenvalue weighted by molar-refractivity contribution is 5.90. The first-order valence-corrected chi connectivity index (χ1v) is 8.43. The molecule has 0 radical (unpaired) electrons. The fourth-order valence-corrected chi connectivity index (χ4v) is 2.94. The maximum Gasteiger partial charge on any atom is 0.322 e. The summed E-state index contributed by atoms with van der Waals surface area (Å²) >= 11 is 0. The van der Waals surface area contributed by atoms with Crippen LogP contribution >= 0.6 is 0 Å². The Kier molecular flexibility index (Phi) is 5.07. The average Bonchev–Trinajstić information content (AvgIpc) is 2.63. The highest BCUT2D eigenvalue weighted by Gasteiger charge is 2.21. The van der Waals surface area contributed by atoms with Gasteiger partial charge in [-0.25, -0.2) is 9.78 Å². The molecule has 1 aromatic carbocycles. The minimum Gasteiger partial charge on any atom is -0.494 e. The SMILES string of the molecule is CCOc1ccc2c(c1)CN(C(=O)Nc1ccc(OC)nc1C)CC2. The number of methoxy groups -OCH3 is 1. The van der Waals surface area contributed by atoms with Crippen molar-refractivity contribution < 1.29 is 14.3 Å². The first kappa shape index (κ1) is 17.1. The number of urea groups is 1. The normalized spacial score (nSPS) is 13.2. The van der Waals surface area contributed by atoms with Crippen molar-refractivity contribution in [3.05, 3.63) is 47.2 Å². The Hall–Kier alpha value is -2.76. The van der Waals surface area contributed by atoms with Crippen LogP contribution in [0.2, 0.25) is 0 Å². The molecule has 0 spiro atoms. The maximum atomic E-state index is 12.6. The van der Waals surface area contributed by atoms with Gasteiger partial charge < -0.3 is 19.7 Å². The van der Waals surface area contributed by atoms with Crippen molar-refractivity contribution in [2.75, 3.05) is 25.6 Å². The summed E-state index contributed by atoms with van der Waals surface area (Å²) in [7, 11) is 1.57. The molecule has 0 unspecified atom stereocenters. The van der Waals surface area contributed by atoms with Crippen LogP contribution in [0.4, 0.5) is 10.5 Å². The van der Waals surface area contributed by atoms with Crippen LogP contribution in [0, 0.1) is 6.92 Å². The Labute approximate surface area is 147 Å². The third-order valence-electron chi connectivity index (χ3n) is 4.30. The number of carbonyl (C=O) groups is 1. The Balaban J connectivity index is 1.70. The number of aromatic nitrogens is 1. The summed E-state index contributed by atoms with van der Waals surface area (Å²) in [5.41, 5.74) is 3.83. The van der Waals surface area contributed by atoms with Gasteiger partial charge in [-0.05, 0) is 49.6 Å². The molecule has 0 aliphatic carbocycles. The Morgan fingerprint density at radius 3 is 2.84 bits per heavy atom. The summed E-state index contributed by atoms with van der Waals surface area (Å²) in [5.74, 6) is 1.38. The van der Waals surface area contributed by atoms with E-state index in [0.717, 1.165) is 23.4 Å². The lowest BCUT2D eigenvalue weighted by Crippen LogP contribution is -2.39. The zero-order chi connectivity index (χ0) is 17.8. The Morgan fingerprint density at radius 1 is 1.28 bits per heavy atom. The molecule has 132 valence electrons. The zero-order valence-corrected chi connectivity index (χ0v) is 14.8. The number of fused-ring (bicyclic) bond motifs is 1. The largest absolute Gasteiger partial charge is 0.494 e. The van der Waals surface area contributed by atoms with E-state index in [1.54, 1.807) is 13.2 Å². The molecule has 0 saturated heterocycles. The van der Waals surface area contributed by atoms with Crippen molar-refractivity contribution in [2.45, 2.75) is 26.8 Å². The molecule has 25 heavy (non-hydrogen) atoms. The Morgan fingerprint density at radius 2 is 2.12 bits per heavy atom. The fourth-order valence-electron chi connectivity index (χ4n) is 2.94. The number of anilines is 1. The molecule has 0 fully saturated rings. The molecule has 1 aliphatic rings. The van der Waals surface area contributed by atoms with Gasteiger partial charge in [-0.1, -0.05) is 6.07 Å². The molecule has 1 aromatic heterocycles. The second kappa shape index (κ2) is 7.42. The van der Waals surface area contributed by atoms with Crippen LogP contribution in [0.15, 0.2) is 30.3 Å². The maximum absolute atomic E-state index is 12.6. The predicted molar refractivity (Wildman–Crippen MR) is 96.3 cm³/mol. The van der Waals surface area contributed by atoms with Crippen molar-refractivity contribution in [2.24, 2.45) is 0 Å². The van der Waals surface area contributed by atoms with E-state index in [-0.39, 0.29) is 6.03 Å². The van der Waals surface area contributed by atoms with Gasteiger partial charge in [0, 0.05) is 19.2 Å².